The normalized spacial score (nSPS) is 12.7. The van der Waals surface area contributed by atoms with Crippen LogP contribution in [0.2, 0.25) is 0 Å². The summed E-state index contributed by atoms with van der Waals surface area (Å²) in [6.45, 7) is 4.94. The van der Waals surface area contributed by atoms with E-state index in [2.05, 4.69) is 43.5 Å². The average molecular weight is 1180 g/mol. The molecule has 0 radical (unpaired) electrons. The van der Waals surface area contributed by atoms with Gasteiger partial charge in [0, 0.05) is 12.8 Å². The quantitative estimate of drug-likeness (QED) is 0.0320. The van der Waals surface area contributed by atoms with Gasteiger partial charge in [-0.05, 0) is 83.5 Å². The number of aliphatic hydroxyl groups excluding tert-OH is 2. The van der Waals surface area contributed by atoms with Crippen molar-refractivity contribution in [1.82, 2.24) is 5.32 Å². The molecule has 0 aliphatic heterocycles. The van der Waals surface area contributed by atoms with Crippen LogP contribution in [0.15, 0.2) is 36.5 Å². The van der Waals surface area contributed by atoms with Crippen LogP contribution < -0.4 is 5.32 Å². The molecular formula is C78H149NO5. The molecule has 0 aromatic carbocycles. The molecule has 0 saturated carbocycles. The van der Waals surface area contributed by atoms with E-state index in [-0.39, 0.29) is 18.5 Å². The minimum absolute atomic E-state index is 0.00752. The van der Waals surface area contributed by atoms with E-state index < -0.39 is 12.1 Å². The molecule has 0 fully saturated rings. The maximum absolute atomic E-state index is 12.5. The van der Waals surface area contributed by atoms with E-state index in [0.29, 0.717) is 19.4 Å². The molecule has 0 aromatic rings. The minimum Gasteiger partial charge on any atom is -0.466 e. The van der Waals surface area contributed by atoms with Crippen LogP contribution in [0.25, 0.3) is 0 Å². The van der Waals surface area contributed by atoms with Crippen molar-refractivity contribution >= 4 is 11.9 Å². The highest BCUT2D eigenvalue weighted by Gasteiger charge is 2.18. The molecule has 0 aliphatic rings. The number of hydrogen-bond acceptors (Lipinski definition) is 5. The fourth-order valence-electron chi connectivity index (χ4n) is 12.0. The third-order valence-electron chi connectivity index (χ3n) is 17.9. The minimum atomic E-state index is -0.847. The molecule has 0 aromatic heterocycles. The van der Waals surface area contributed by atoms with Crippen LogP contribution in [0.5, 0.6) is 0 Å². The Morgan fingerprint density at radius 3 is 0.845 bits per heavy atom. The van der Waals surface area contributed by atoms with E-state index in [1.807, 2.05) is 6.08 Å². The van der Waals surface area contributed by atoms with Gasteiger partial charge < -0.3 is 20.3 Å². The number of amides is 1. The molecule has 0 spiro atoms. The third-order valence-corrected chi connectivity index (χ3v) is 17.9. The highest BCUT2D eigenvalue weighted by Crippen LogP contribution is 2.19. The van der Waals surface area contributed by atoms with Gasteiger partial charge in [-0.1, -0.05) is 365 Å². The molecule has 2 atom stereocenters. The lowest BCUT2D eigenvalue weighted by molar-refractivity contribution is -0.143. The number of carbonyl (C=O) groups excluding carboxylic acids is 2. The molecule has 2 unspecified atom stereocenters. The summed E-state index contributed by atoms with van der Waals surface area (Å²) in [7, 11) is 0. The molecule has 0 aliphatic carbocycles. The number of rotatable bonds is 72. The zero-order valence-corrected chi connectivity index (χ0v) is 56.9. The summed E-state index contributed by atoms with van der Waals surface area (Å²) in [5.74, 6) is -0.0567. The Hall–Kier alpha value is -1.92. The summed E-state index contributed by atoms with van der Waals surface area (Å²) in [5.41, 5.74) is 0. The van der Waals surface area contributed by atoms with Gasteiger partial charge in [0.05, 0.1) is 25.4 Å². The molecule has 6 heteroatoms. The Labute approximate surface area is 525 Å². The van der Waals surface area contributed by atoms with Crippen LogP contribution in [0.3, 0.4) is 0 Å². The van der Waals surface area contributed by atoms with Gasteiger partial charge >= 0.3 is 5.97 Å². The SMILES string of the molecule is CCCCCCCC/C=C\CCCCCCCC(=O)OCCCCCCCCCCCCCC/C=C\CCCCCCCCCCCCCC(=O)NC(CO)C(O)/C=C/CCCCCCCCCCCCCCCCCCCCCCCCC. The Kier molecular flexibility index (Phi) is 71.9. The zero-order chi connectivity index (χ0) is 60.6. The predicted octanol–water partition coefficient (Wildman–Crippen LogP) is 25.0. The molecule has 0 bridgehead atoms. The van der Waals surface area contributed by atoms with Crippen molar-refractivity contribution in [2.24, 2.45) is 0 Å². The topological polar surface area (TPSA) is 95.9 Å². The second-order valence-electron chi connectivity index (χ2n) is 26.3. The van der Waals surface area contributed by atoms with Crippen LogP contribution >= 0.6 is 0 Å². The zero-order valence-electron chi connectivity index (χ0n) is 56.9. The number of carbonyl (C=O) groups is 2. The molecular weight excluding hydrogens is 1030 g/mol. The summed E-state index contributed by atoms with van der Waals surface area (Å²) >= 11 is 0. The van der Waals surface area contributed by atoms with Gasteiger partial charge in [0.15, 0.2) is 0 Å². The lowest BCUT2D eigenvalue weighted by atomic mass is 10.0. The lowest BCUT2D eigenvalue weighted by Gasteiger charge is -2.20. The highest BCUT2D eigenvalue weighted by atomic mass is 16.5. The van der Waals surface area contributed by atoms with Crippen LogP contribution in [-0.2, 0) is 14.3 Å². The number of nitrogens with one attached hydrogen (secondary N) is 1. The van der Waals surface area contributed by atoms with E-state index >= 15 is 0 Å². The number of unbranched alkanes of at least 4 members (excludes halogenated alkanes) is 57. The maximum Gasteiger partial charge on any atom is 0.305 e. The summed E-state index contributed by atoms with van der Waals surface area (Å²) in [6, 6.07) is -0.631. The number of aliphatic hydroxyl groups is 2. The number of ether oxygens (including phenoxy) is 1. The van der Waals surface area contributed by atoms with Gasteiger partial charge in [-0.15, -0.1) is 0 Å². The van der Waals surface area contributed by atoms with Gasteiger partial charge in [0.25, 0.3) is 0 Å². The Balaban J connectivity index is 3.41. The molecule has 6 nitrogen and oxygen atoms in total. The molecule has 1 amide bonds. The average Bonchev–Trinajstić information content (AvgIpc) is 3.51. The van der Waals surface area contributed by atoms with Gasteiger partial charge in [0.2, 0.25) is 5.91 Å². The van der Waals surface area contributed by atoms with Crippen LogP contribution in [0, 0.1) is 0 Å². The largest absolute Gasteiger partial charge is 0.466 e. The molecule has 84 heavy (non-hydrogen) atoms. The summed E-state index contributed by atoms with van der Waals surface area (Å²) in [5, 5.41) is 23.3. The smallest absolute Gasteiger partial charge is 0.305 e. The van der Waals surface area contributed by atoms with Crippen molar-refractivity contribution in [1.29, 1.82) is 0 Å². The van der Waals surface area contributed by atoms with E-state index in [1.165, 1.54) is 353 Å². The van der Waals surface area contributed by atoms with Crippen molar-refractivity contribution in [2.75, 3.05) is 13.2 Å². The molecule has 496 valence electrons. The number of esters is 1. The lowest BCUT2D eigenvalue weighted by Crippen LogP contribution is -2.45. The molecule has 0 saturated heterocycles. The standard InChI is InChI=1S/C78H149NO5/c1-3-5-7-9-11-13-15-17-19-20-21-22-23-27-30-33-36-39-43-46-50-54-58-62-66-70-76(81)75(74-80)79-77(82)71-67-63-59-55-51-47-44-40-37-34-31-28-25-24-26-29-32-35-38-41-45-49-53-57-61-65-69-73-84-78(83)72-68-64-60-56-52-48-42-18-16-14-12-10-8-6-4-2/h18,24-25,42,66,70,75-76,80-81H,3-17,19-23,26-41,43-65,67-69,71-74H2,1-2H3,(H,79,82)/b25-24-,42-18-,70-66+. The third kappa shape index (κ3) is 69.2. The van der Waals surface area contributed by atoms with E-state index in [4.69, 9.17) is 4.74 Å². The second kappa shape index (κ2) is 73.5. The summed E-state index contributed by atoms with van der Waals surface area (Å²) in [6.07, 6.45) is 95.3. The molecule has 3 N–H and O–H groups in total. The van der Waals surface area contributed by atoms with E-state index in [1.54, 1.807) is 6.08 Å². The first-order valence-electron chi connectivity index (χ1n) is 38.3. The molecule has 0 rings (SSSR count). The van der Waals surface area contributed by atoms with Crippen molar-refractivity contribution in [3.05, 3.63) is 36.5 Å². The highest BCUT2D eigenvalue weighted by molar-refractivity contribution is 5.76. The van der Waals surface area contributed by atoms with Crippen LogP contribution in [0.4, 0.5) is 0 Å². The van der Waals surface area contributed by atoms with E-state index in [9.17, 15) is 19.8 Å². The maximum atomic E-state index is 12.5. The van der Waals surface area contributed by atoms with Crippen molar-refractivity contribution < 1.29 is 24.5 Å². The second-order valence-corrected chi connectivity index (χ2v) is 26.3. The first-order chi connectivity index (χ1) is 41.5. The summed E-state index contributed by atoms with van der Waals surface area (Å²) in [4.78, 5) is 24.6. The number of allylic oxidation sites excluding steroid dienone is 5. The first-order valence-corrected chi connectivity index (χ1v) is 38.3. The van der Waals surface area contributed by atoms with Crippen molar-refractivity contribution in [3.63, 3.8) is 0 Å². The fourth-order valence-corrected chi connectivity index (χ4v) is 12.0. The van der Waals surface area contributed by atoms with E-state index in [0.717, 1.165) is 44.9 Å². The summed E-state index contributed by atoms with van der Waals surface area (Å²) < 4.78 is 5.49. The van der Waals surface area contributed by atoms with Crippen LogP contribution in [0.1, 0.15) is 425 Å². The predicted molar refractivity (Wildman–Crippen MR) is 370 cm³/mol. The van der Waals surface area contributed by atoms with Gasteiger partial charge in [-0.2, -0.15) is 0 Å². The molecule has 0 heterocycles. The number of hydrogen-bond donors (Lipinski definition) is 3. The Morgan fingerprint density at radius 2 is 0.560 bits per heavy atom. The van der Waals surface area contributed by atoms with Gasteiger partial charge in [-0.3, -0.25) is 9.59 Å². The fraction of sp³-hybridized carbons (Fsp3) is 0.897. The van der Waals surface area contributed by atoms with Crippen molar-refractivity contribution in [3.8, 4) is 0 Å². The Bertz CT molecular complexity index is 1360. The van der Waals surface area contributed by atoms with Crippen molar-refractivity contribution in [2.45, 2.75) is 437 Å². The first kappa shape index (κ1) is 82.1. The van der Waals surface area contributed by atoms with Gasteiger partial charge in [0.1, 0.15) is 0 Å². The Morgan fingerprint density at radius 1 is 0.321 bits per heavy atom. The monoisotopic (exact) mass is 1180 g/mol. The van der Waals surface area contributed by atoms with Gasteiger partial charge in [-0.25, -0.2) is 0 Å². The van der Waals surface area contributed by atoms with Crippen LogP contribution in [-0.4, -0.2) is 47.4 Å².